The molecule has 0 saturated carbocycles. The number of likely N-dealkylation sites (tertiary alicyclic amines) is 1. The minimum atomic E-state index is -4.42. The van der Waals surface area contributed by atoms with Gasteiger partial charge >= 0.3 is 18.2 Å². The molecule has 1 fully saturated rings. The van der Waals surface area contributed by atoms with Crippen LogP contribution in [0.2, 0.25) is 0 Å². The van der Waals surface area contributed by atoms with Crippen LogP contribution in [0.5, 0.6) is 0 Å². The van der Waals surface area contributed by atoms with E-state index in [1.54, 1.807) is 24.0 Å². The maximum absolute atomic E-state index is 13.3. The summed E-state index contributed by atoms with van der Waals surface area (Å²) in [5.74, 6) is -0.411. The molecule has 0 spiro atoms. The summed E-state index contributed by atoms with van der Waals surface area (Å²) in [7, 11) is 0. The monoisotopic (exact) mass is 455 g/mol. The molecular formula is C24H32F3NO4. The first-order chi connectivity index (χ1) is 14.9. The van der Waals surface area contributed by atoms with E-state index in [1.807, 2.05) is 20.8 Å². The first-order valence-electron chi connectivity index (χ1n) is 10.9. The van der Waals surface area contributed by atoms with Crippen LogP contribution in [-0.4, -0.2) is 42.3 Å². The number of hydrogen-bond donors (Lipinski definition) is 0. The zero-order chi connectivity index (χ0) is 23.9. The molecule has 1 amide bonds. The van der Waals surface area contributed by atoms with Crippen molar-refractivity contribution in [3.05, 3.63) is 47.0 Å². The van der Waals surface area contributed by atoms with Gasteiger partial charge in [-0.3, -0.25) is 0 Å². The van der Waals surface area contributed by atoms with Crippen molar-refractivity contribution in [2.45, 2.75) is 71.1 Å². The van der Waals surface area contributed by atoms with Gasteiger partial charge in [-0.15, -0.1) is 0 Å². The van der Waals surface area contributed by atoms with E-state index < -0.39 is 23.3 Å². The number of halogens is 3. The van der Waals surface area contributed by atoms with Crippen LogP contribution in [0.4, 0.5) is 18.0 Å². The molecule has 0 aliphatic carbocycles. The summed E-state index contributed by atoms with van der Waals surface area (Å²) in [5.41, 5.74) is 0.221. The average molecular weight is 456 g/mol. The van der Waals surface area contributed by atoms with Crippen LogP contribution in [0.25, 0.3) is 0 Å². The van der Waals surface area contributed by atoms with Crippen molar-refractivity contribution < 1.29 is 32.2 Å². The molecule has 1 saturated heterocycles. The summed E-state index contributed by atoms with van der Waals surface area (Å²) in [6, 6.07) is 3.88. The predicted molar refractivity (Wildman–Crippen MR) is 115 cm³/mol. The van der Waals surface area contributed by atoms with Crippen LogP contribution in [-0.2, 0) is 26.9 Å². The quantitative estimate of drug-likeness (QED) is 0.398. The van der Waals surface area contributed by atoms with Crippen LogP contribution in [0, 0.1) is 0 Å². The Labute approximate surface area is 187 Å². The SMILES string of the molecule is CCOC(=O)/C=C/CCc1cc(C(F)(F)F)ccc1C1CCN(C(=O)OC(C)(C)C)CC1. The molecule has 0 aromatic heterocycles. The number of allylic oxidation sites excluding steroid dienone is 1. The van der Waals surface area contributed by atoms with Crippen molar-refractivity contribution in [2.24, 2.45) is 0 Å². The third-order valence-corrected chi connectivity index (χ3v) is 5.18. The summed E-state index contributed by atoms with van der Waals surface area (Å²) >= 11 is 0. The van der Waals surface area contributed by atoms with Crippen LogP contribution in [0.1, 0.15) is 69.6 Å². The molecular weight excluding hydrogens is 423 g/mol. The lowest BCUT2D eigenvalue weighted by molar-refractivity contribution is -0.138. The first-order valence-corrected chi connectivity index (χ1v) is 10.9. The third-order valence-electron chi connectivity index (χ3n) is 5.18. The molecule has 1 aromatic carbocycles. The maximum Gasteiger partial charge on any atom is 0.416 e. The molecule has 0 bridgehead atoms. The number of rotatable bonds is 6. The molecule has 1 aromatic rings. The Morgan fingerprint density at radius 1 is 1.16 bits per heavy atom. The van der Waals surface area contributed by atoms with Crippen molar-refractivity contribution in [2.75, 3.05) is 19.7 Å². The lowest BCUT2D eigenvalue weighted by atomic mass is 9.84. The number of piperidine rings is 1. The number of benzene rings is 1. The van der Waals surface area contributed by atoms with Gasteiger partial charge in [-0.05, 0) is 82.6 Å². The van der Waals surface area contributed by atoms with E-state index in [1.165, 1.54) is 12.1 Å². The summed E-state index contributed by atoms with van der Waals surface area (Å²) < 4.78 is 50.0. The van der Waals surface area contributed by atoms with Gasteiger partial charge in [-0.1, -0.05) is 12.1 Å². The van der Waals surface area contributed by atoms with Gasteiger partial charge < -0.3 is 14.4 Å². The number of amides is 1. The van der Waals surface area contributed by atoms with Crippen LogP contribution in [0.3, 0.4) is 0 Å². The van der Waals surface area contributed by atoms with Gasteiger partial charge in [0, 0.05) is 19.2 Å². The van der Waals surface area contributed by atoms with Gasteiger partial charge in [-0.25, -0.2) is 9.59 Å². The number of nitrogens with zero attached hydrogens (tertiary/aromatic N) is 1. The van der Waals surface area contributed by atoms with E-state index in [9.17, 15) is 22.8 Å². The van der Waals surface area contributed by atoms with Crippen molar-refractivity contribution >= 4 is 12.1 Å². The van der Waals surface area contributed by atoms with Crippen LogP contribution < -0.4 is 0 Å². The molecule has 5 nitrogen and oxygen atoms in total. The number of carbonyl (C=O) groups is 2. The van der Waals surface area contributed by atoms with Gasteiger partial charge in [0.1, 0.15) is 5.60 Å². The molecule has 1 aliphatic rings. The zero-order valence-electron chi connectivity index (χ0n) is 19.1. The first kappa shape index (κ1) is 25.7. The van der Waals surface area contributed by atoms with Crippen molar-refractivity contribution in [1.82, 2.24) is 4.90 Å². The summed E-state index contributed by atoms with van der Waals surface area (Å²) in [6.07, 6.45) is 0.225. The van der Waals surface area contributed by atoms with Crippen LogP contribution in [0.15, 0.2) is 30.4 Å². The molecule has 0 unspecified atom stereocenters. The van der Waals surface area contributed by atoms with E-state index in [2.05, 4.69) is 0 Å². The predicted octanol–water partition coefficient (Wildman–Crippen LogP) is 5.87. The molecule has 2 rings (SSSR count). The number of aryl methyl sites for hydroxylation is 1. The van der Waals surface area contributed by atoms with E-state index >= 15 is 0 Å². The van der Waals surface area contributed by atoms with Crippen molar-refractivity contribution in [3.63, 3.8) is 0 Å². The number of carbonyl (C=O) groups excluding carboxylic acids is 2. The fourth-order valence-electron chi connectivity index (χ4n) is 3.71. The normalized spacial score (nSPS) is 15.8. The molecule has 0 atom stereocenters. The Hall–Kier alpha value is -2.51. The molecule has 8 heteroatoms. The Morgan fingerprint density at radius 2 is 1.81 bits per heavy atom. The summed E-state index contributed by atoms with van der Waals surface area (Å²) in [6.45, 7) is 8.37. The minimum absolute atomic E-state index is 0.0556. The second-order valence-electron chi connectivity index (χ2n) is 8.85. The third kappa shape index (κ3) is 7.88. The highest BCUT2D eigenvalue weighted by molar-refractivity contribution is 5.81. The molecule has 0 radical (unpaired) electrons. The molecule has 0 N–H and O–H groups in total. The number of esters is 1. The summed E-state index contributed by atoms with van der Waals surface area (Å²) in [4.78, 5) is 25.4. The standard InChI is InChI=1S/C24H32F3NO4/c1-5-31-21(29)9-7-6-8-18-16-19(24(25,26)27)10-11-20(18)17-12-14-28(15-13-17)22(30)32-23(2,3)4/h7,9-11,16-17H,5-6,8,12-15H2,1-4H3/b9-7+. The van der Waals surface area contributed by atoms with Gasteiger partial charge in [0.25, 0.3) is 0 Å². The second kappa shape index (κ2) is 10.9. The van der Waals surface area contributed by atoms with Crippen molar-refractivity contribution in [3.8, 4) is 0 Å². The highest BCUT2D eigenvalue weighted by Gasteiger charge is 2.33. The van der Waals surface area contributed by atoms with Crippen molar-refractivity contribution in [1.29, 1.82) is 0 Å². The van der Waals surface area contributed by atoms with Gasteiger partial charge in [0.2, 0.25) is 0 Å². The van der Waals surface area contributed by atoms with E-state index in [0.29, 0.717) is 44.3 Å². The van der Waals surface area contributed by atoms with E-state index in [-0.39, 0.29) is 18.6 Å². The molecule has 178 valence electrons. The summed E-state index contributed by atoms with van der Waals surface area (Å²) in [5, 5.41) is 0. The fourth-order valence-corrected chi connectivity index (χ4v) is 3.71. The van der Waals surface area contributed by atoms with Gasteiger partial charge in [0.05, 0.1) is 12.2 Å². The highest BCUT2D eigenvalue weighted by atomic mass is 19.4. The molecule has 1 heterocycles. The smallest absolute Gasteiger partial charge is 0.416 e. The Morgan fingerprint density at radius 3 is 2.38 bits per heavy atom. The van der Waals surface area contributed by atoms with Gasteiger partial charge in [-0.2, -0.15) is 13.2 Å². The Balaban J connectivity index is 2.11. The maximum atomic E-state index is 13.3. The minimum Gasteiger partial charge on any atom is -0.463 e. The lowest BCUT2D eigenvalue weighted by Gasteiger charge is -2.34. The number of hydrogen-bond acceptors (Lipinski definition) is 4. The topological polar surface area (TPSA) is 55.8 Å². The fraction of sp³-hybridized carbons (Fsp3) is 0.583. The molecule has 1 aliphatic heterocycles. The van der Waals surface area contributed by atoms with Gasteiger partial charge in [0.15, 0.2) is 0 Å². The Kier molecular flexibility index (Phi) is 8.75. The number of ether oxygens (including phenoxy) is 2. The lowest BCUT2D eigenvalue weighted by Crippen LogP contribution is -2.41. The van der Waals surface area contributed by atoms with E-state index in [0.717, 1.165) is 11.6 Å². The highest BCUT2D eigenvalue weighted by Crippen LogP contribution is 2.36. The molecule has 32 heavy (non-hydrogen) atoms. The van der Waals surface area contributed by atoms with E-state index in [4.69, 9.17) is 9.47 Å². The van der Waals surface area contributed by atoms with Crippen LogP contribution >= 0.6 is 0 Å². The number of alkyl halides is 3. The second-order valence-corrected chi connectivity index (χ2v) is 8.85. The largest absolute Gasteiger partial charge is 0.463 e. The Bertz CT molecular complexity index is 820. The zero-order valence-corrected chi connectivity index (χ0v) is 19.1. The average Bonchev–Trinajstić information content (AvgIpc) is 2.69.